The second-order valence-corrected chi connectivity index (χ2v) is 3.93. The summed E-state index contributed by atoms with van der Waals surface area (Å²) in [6, 6.07) is 0. The summed E-state index contributed by atoms with van der Waals surface area (Å²) >= 11 is 0. The van der Waals surface area contributed by atoms with Crippen LogP contribution in [0.25, 0.3) is 0 Å². The molecule has 14 heavy (non-hydrogen) atoms. The predicted molar refractivity (Wildman–Crippen MR) is 56.1 cm³/mol. The molecule has 78 valence electrons. The number of hydrogen-bond acceptors (Lipinski definition) is 1. The molecule has 0 aliphatic rings. The molecule has 0 rings (SSSR count). The van der Waals surface area contributed by atoms with Crippen LogP contribution in [0, 0.1) is 5.41 Å². The minimum atomic E-state index is -0.678. The molecule has 0 atom stereocenters. The zero-order valence-corrected chi connectivity index (χ0v) is 8.86. The number of amides is 1. The summed E-state index contributed by atoms with van der Waals surface area (Å²) in [5.41, 5.74) is -0.504. The average molecular weight is 197 g/mol. The van der Waals surface area contributed by atoms with E-state index in [9.17, 15) is 9.18 Å². The zero-order chi connectivity index (χ0) is 11.4. The van der Waals surface area contributed by atoms with Gasteiger partial charge in [-0.15, -0.1) is 0 Å². The van der Waals surface area contributed by atoms with E-state index in [1.54, 1.807) is 20.8 Å². The summed E-state index contributed by atoms with van der Waals surface area (Å²) in [6.45, 7) is 11.8. The molecule has 0 saturated carbocycles. The van der Waals surface area contributed by atoms with Gasteiger partial charge in [0, 0.05) is 5.41 Å². The van der Waals surface area contributed by atoms with Gasteiger partial charge in [-0.25, -0.2) is 4.39 Å². The van der Waals surface area contributed by atoms with Crippen LogP contribution in [0.15, 0.2) is 36.8 Å². The minimum absolute atomic E-state index is 0.0555. The van der Waals surface area contributed by atoms with Gasteiger partial charge in [0.05, 0.1) is 5.70 Å². The van der Waals surface area contributed by atoms with E-state index in [0.29, 0.717) is 0 Å². The van der Waals surface area contributed by atoms with Crippen molar-refractivity contribution in [3.8, 4) is 0 Å². The SMILES string of the molecule is C=CC=C(NC(=O)C(C)(C)C)C(=C)F. The van der Waals surface area contributed by atoms with Gasteiger partial charge in [0.1, 0.15) is 5.83 Å². The Morgan fingerprint density at radius 1 is 1.43 bits per heavy atom. The van der Waals surface area contributed by atoms with Gasteiger partial charge in [0.2, 0.25) is 5.91 Å². The molecular weight excluding hydrogens is 181 g/mol. The normalized spacial score (nSPS) is 12.1. The summed E-state index contributed by atoms with van der Waals surface area (Å²) < 4.78 is 12.8. The molecule has 0 unspecified atom stereocenters. The van der Waals surface area contributed by atoms with Gasteiger partial charge in [0.15, 0.2) is 0 Å². The van der Waals surface area contributed by atoms with Crippen LogP contribution in [-0.4, -0.2) is 5.91 Å². The van der Waals surface area contributed by atoms with Crippen LogP contribution in [0.5, 0.6) is 0 Å². The number of carbonyl (C=O) groups excluding carboxylic acids is 1. The molecule has 0 aromatic carbocycles. The average Bonchev–Trinajstić information content (AvgIpc) is 2.01. The van der Waals surface area contributed by atoms with Crippen molar-refractivity contribution in [1.82, 2.24) is 5.32 Å². The van der Waals surface area contributed by atoms with Crippen LogP contribution in [0.4, 0.5) is 4.39 Å². The fourth-order valence-corrected chi connectivity index (χ4v) is 0.628. The van der Waals surface area contributed by atoms with Crippen LogP contribution >= 0.6 is 0 Å². The van der Waals surface area contributed by atoms with Crippen molar-refractivity contribution < 1.29 is 9.18 Å². The molecule has 2 nitrogen and oxygen atoms in total. The van der Waals surface area contributed by atoms with Crippen molar-refractivity contribution in [3.05, 3.63) is 36.8 Å². The highest BCUT2D eigenvalue weighted by atomic mass is 19.1. The number of halogens is 1. The molecule has 0 aromatic heterocycles. The fraction of sp³-hybridized carbons (Fsp3) is 0.364. The molecule has 0 spiro atoms. The highest BCUT2D eigenvalue weighted by Gasteiger charge is 2.22. The van der Waals surface area contributed by atoms with Gasteiger partial charge in [0.25, 0.3) is 0 Å². The third kappa shape index (κ3) is 4.03. The van der Waals surface area contributed by atoms with E-state index < -0.39 is 11.2 Å². The molecule has 0 aliphatic carbocycles. The molecule has 0 aromatic rings. The maximum atomic E-state index is 12.8. The molecule has 0 aliphatic heterocycles. The van der Waals surface area contributed by atoms with Gasteiger partial charge < -0.3 is 5.32 Å². The lowest BCUT2D eigenvalue weighted by Crippen LogP contribution is -2.34. The first-order valence-corrected chi connectivity index (χ1v) is 4.28. The lowest BCUT2D eigenvalue weighted by Gasteiger charge is -2.18. The zero-order valence-electron chi connectivity index (χ0n) is 8.86. The molecule has 0 fully saturated rings. The van der Waals surface area contributed by atoms with Crippen LogP contribution in [0.2, 0.25) is 0 Å². The minimum Gasteiger partial charge on any atom is -0.323 e. The molecule has 0 bridgehead atoms. The summed E-state index contributed by atoms with van der Waals surface area (Å²) in [4.78, 5) is 11.5. The predicted octanol–water partition coefficient (Wildman–Crippen LogP) is 2.70. The summed E-state index contributed by atoms with van der Waals surface area (Å²) in [7, 11) is 0. The van der Waals surface area contributed by atoms with Crippen LogP contribution in [0.3, 0.4) is 0 Å². The Bertz CT molecular complexity index is 284. The smallest absolute Gasteiger partial charge is 0.229 e. The Balaban J connectivity index is 4.64. The second kappa shape index (κ2) is 4.74. The Hall–Kier alpha value is -1.38. The Morgan fingerprint density at radius 2 is 1.93 bits per heavy atom. The lowest BCUT2D eigenvalue weighted by molar-refractivity contribution is -0.127. The Morgan fingerprint density at radius 3 is 2.21 bits per heavy atom. The molecule has 1 amide bonds. The largest absolute Gasteiger partial charge is 0.323 e. The molecule has 1 N–H and O–H groups in total. The summed E-state index contributed by atoms with van der Waals surface area (Å²) in [5.74, 6) is -0.938. The van der Waals surface area contributed by atoms with E-state index in [4.69, 9.17) is 0 Å². The second-order valence-electron chi connectivity index (χ2n) is 3.93. The van der Waals surface area contributed by atoms with Crippen molar-refractivity contribution in [2.24, 2.45) is 5.41 Å². The first-order valence-electron chi connectivity index (χ1n) is 4.28. The molecule has 3 heteroatoms. The quantitative estimate of drug-likeness (QED) is 0.692. The molecule has 0 saturated heterocycles. The fourth-order valence-electron chi connectivity index (χ4n) is 0.628. The number of hydrogen-bond donors (Lipinski definition) is 1. The van der Waals surface area contributed by atoms with E-state index in [1.807, 2.05) is 0 Å². The van der Waals surface area contributed by atoms with Crippen molar-refractivity contribution in [1.29, 1.82) is 0 Å². The highest BCUT2D eigenvalue weighted by molar-refractivity contribution is 5.83. The van der Waals surface area contributed by atoms with Crippen molar-refractivity contribution in [2.45, 2.75) is 20.8 Å². The Kier molecular flexibility index (Phi) is 4.28. The summed E-state index contributed by atoms with van der Waals surface area (Å²) in [5, 5.41) is 2.43. The summed E-state index contributed by atoms with van der Waals surface area (Å²) in [6.07, 6.45) is 2.76. The van der Waals surface area contributed by atoms with Gasteiger partial charge in [-0.05, 0) is 6.08 Å². The number of rotatable bonds is 3. The van der Waals surface area contributed by atoms with Crippen LogP contribution in [-0.2, 0) is 4.79 Å². The van der Waals surface area contributed by atoms with Gasteiger partial charge >= 0.3 is 0 Å². The van der Waals surface area contributed by atoms with Crippen molar-refractivity contribution >= 4 is 5.91 Å². The molecule has 0 heterocycles. The number of allylic oxidation sites excluding steroid dienone is 3. The van der Waals surface area contributed by atoms with Crippen LogP contribution in [0.1, 0.15) is 20.8 Å². The monoisotopic (exact) mass is 197 g/mol. The topological polar surface area (TPSA) is 29.1 Å². The van der Waals surface area contributed by atoms with Crippen molar-refractivity contribution in [3.63, 3.8) is 0 Å². The number of nitrogens with one attached hydrogen (secondary N) is 1. The van der Waals surface area contributed by atoms with Crippen molar-refractivity contribution in [2.75, 3.05) is 0 Å². The standard InChI is InChI=1S/C11H16FNO/c1-6-7-9(8(2)12)13-10(14)11(3,4)5/h6-7H,1-2H2,3-5H3,(H,13,14). The van der Waals surface area contributed by atoms with Gasteiger partial charge in [-0.1, -0.05) is 40.0 Å². The molecule has 0 radical (unpaired) electrons. The van der Waals surface area contributed by atoms with Gasteiger partial charge in [-0.2, -0.15) is 0 Å². The van der Waals surface area contributed by atoms with E-state index in [2.05, 4.69) is 18.5 Å². The molecular formula is C11H16FNO. The Labute approximate surface area is 84.2 Å². The third-order valence-electron chi connectivity index (χ3n) is 1.51. The van der Waals surface area contributed by atoms with E-state index in [1.165, 1.54) is 12.2 Å². The van der Waals surface area contributed by atoms with Crippen LogP contribution < -0.4 is 5.32 Å². The van der Waals surface area contributed by atoms with E-state index in [-0.39, 0.29) is 11.6 Å². The lowest BCUT2D eigenvalue weighted by atomic mass is 9.95. The first-order chi connectivity index (χ1) is 6.29. The van der Waals surface area contributed by atoms with E-state index >= 15 is 0 Å². The maximum absolute atomic E-state index is 12.8. The maximum Gasteiger partial charge on any atom is 0.229 e. The van der Waals surface area contributed by atoms with Gasteiger partial charge in [-0.3, -0.25) is 4.79 Å². The first kappa shape index (κ1) is 12.6. The van der Waals surface area contributed by atoms with E-state index in [0.717, 1.165) is 0 Å². The number of carbonyl (C=O) groups is 1. The highest BCUT2D eigenvalue weighted by Crippen LogP contribution is 2.15. The third-order valence-corrected chi connectivity index (χ3v) is 1.51.